The molecular formula is C18H20N2O2. The van der Waals surface area contributed by atoms with Gasteiger partial charge in [0.1, 0.15) is 0 Å². The van der Waals surface area contributed by atoms with Gasteiger partial charge in [0.25, 0.3) is 11.8 Å². The fourth-order valence-corrected chi connectivity index (χ4v) is 2.00. The fourth-order valence-electron chi connectivity index (χ4n) is 2.00. The van der Waals surface area contributed by atoms with Crippen LogP contribution in [0, 0.1) is 6.92 Å². The first-order valence-electron chi connectivity index (χ1n) is 7.25. The summed E-state index contributed by atoms with van der Waals surface area (Å²) in [6.45, 7) is 4.53. The van der Waals surface area contributed by atoms with Gasteiger partial charge >= 0.3 is 0 Å². The average molecular weight is 296 g/mol. The summed E-state index contributed by atoms with van der Waals surface area (Å²) in [5.41, 5.74) is 2.87. The average Bonchev–Trinajstić information content (AvgIpc) is 2.54. The number of anilines is 1. The van der Waals surface area contributed by atoms with Crippen molar-refractivity contribution in [2.45, 2.75) is 13.8 Å². The number of carbonyl (C=O) groups excluding carboxylic acids is 2. The molecule has 0 radical (unpaired) electrons. The molecule has 0 aliphatic carbocycles. The van der Waals surface area contributed by atoms with Gasteiger partial charge in [-0.2, -0.15) is 0 Å². The molecule has 0 unspecified atom stereocenters. The molecule has 0 aliphatic heterocycles. The molecule has 0 saturated heterocycles. The second-order valence-corrected chi connectivity index (χ2v) is 5.22. The lowest BCUT2D eigenvalue weighted by Gasteiger charge is -2.15. The molecule has 22 heavy (non-hydrogen) atoms. The Morgan fingerprint density at radius 1 is 1.05 bits per heavy atom. The topological polar surface area (TPSA) is 49.4 Å². The van der Waals surface area contributed by atoms with E-state index in [1.807, 2.05) is 26.0 Å². The number of amides is 2. The van der Waals surface area contributed by atoms with Crippen molar-refractivity contribution in [2.75, 3.05) is 18.9 Å². The highest BCUT2D eigenvalue weighted by atomic mass is 16.2. The van der Waals surface area contributed by atoms with Crippen LogP contribution in [0.3, 0.4) is 0 Å². The van der Waals surface area contributed by atoms with E-state index in [-0.39, 0.29) is 11.8 Å². The van der Waals surface area contributed by atoms with Gasteiger partial charge < -0.3 is 10.2 Å². The van der Waals surface area contributed by atoms with E-state index < -0.39 is 0 Å². The molecule has 2 rings (SSSR count). The predicted octanol–water partition coefficient (Wildman–Crippen LogP) is 3.34. The molecule has 0 heterocycles. The highest BCUT2D eigenvalue weighted by Gasteiger charge is 2.11. The Morgan fingerprint density at radius 2 is 1.73 bits per heavy atom. The second kappa shape index (κ2) is 6.89. The van der Waals surface area contributed by atoms with Gasteiger partial charge in [-0.05, 0) is 44.2 Å². The quantitative estimate of drug-likeness (QED) is 0.940. The van der Waals surface area contributed by atoms with Crippen molar-refractivity contribution in [3.05, 3.63) is 65.2 Å². The summed E-state index contributed by atoms with van der Waals surface area (Å²) >= 11 is 0. The molecule has 0 bridgehead atoms. The van der Waals surface area contributed by atoms with E-state index in [1.54, 1.807) is 48.3 Å². The third-order valence-electron chi connectivity index (χ3n) is 3.50. The van der Waals surface area contributed by atoms with Crippen LogP contribution in [0.15, 0.2) is 48.5 Å². The first kappa shape index (κ1) is 15.8. The molecule has 0 spiro atoms. The van der Waals surface area contributed by atoms with Crippen molar-refractivity contribution < 1.29 is 9.59 Å². The summed E-state index contributed by atoms with van der Waals surface area (Å²) < 4.78 is 0. The van der Waals surface area contributed by atoms with Gasteiger partial charge in [0, 0.05) is 30.4 Å². The zero-order chi connectivity index (χ0) is 16.1. The van der Waals surface area contributed by atoms with Gasteiger partial charge in [-0.3, -0.25) is 9.59 Å². The summed E-state index contributed by atoms with van der Waals surface area (Å²) in [7, 11) is 1.75. The highest BCUT2D eigenvalue weighted by Crippen LogP contribution is 2.14. The predicted molar refractivity (Wildman–Crippen MR) is 88.2 cm³/mol. The van der Waals surface area contributed by atoms with E-state index in [0.717, 1.165) is 5.56 Å². The Morgan fingerprint density at radius 3 is 2.36 bits per heavy atom. The van der Waals surface area contributed by atoms with Gasteiger partial charge in [0.2, 0.25) is 0 Å². The summed E-state index contributed by atoms with van der Waals surface area (Å²) in [5, 5.41) is 2.82. The molecule has 2 amide bonds. The third kappa shape index (κ3) is 3.73. The van der Waals surface area contributed by atoms with Crippen molar-refractivity contribution in [2.24, 2.45) is 0 Å². The normalized spacial score (nSPS) is 10.1. The maximum Gasteiger partial charge on any atom is 0.255 e. The number of aryl methyl sites for hydroxylation is 1. The zero-order valence-corrected chi connectivity index (χ0v) is 13.1. The Bertz CT molecular complexity index is 678. The van der Waals surface area contributed by atoms with E-state index in [1.165, 1.54) is 0 Å². The zero-order valence-electron chi connectivity index (χ0n) is 13.1. The number of hydrogen-bond donors (Lipinski definition) is 1. The smallest absolute Gasteiger partial charge is 0.255 e. The van der Waals surface area contributed by atoms with Crippen molar-refractivity contribution >= 4 is 17.5 Å². The molecule has 0 fully saturated rings. The van der Waals surface area contributed by atoms with Crippen LogP contribution >= 0.6 is 0 Å². The lowest BCUT2D eigenvalue weighted by atomic mass is 10.1. The van der Waals surface area contributed by atoms with E-state index in [9.17, 15) is 9.59 Å². The molecule has 0 saturated carbocycles. The summed E-state index contributed by atoms with van der Waals surface area (Å²) in [6.07, 6.45) is 0. The molecule has 1 N–H and O–H groups in total. The monoisotopic (exact) mass is 296 g/mol. The first-order chi connectivity index (χ1) is 10.5. The van der Waals surface area contributed by atoms with Gasteiger partial charge in [0.05, 0.1) is 0 Å². The Labute approximate surface area is 130 Å². The minimum atomic E-state index is -0.187. The van der Waals surface area contributed by atoms with E-state index in [4.69, 9.17) is 0 Å². The number of carbonyl (C=O) groups is 2. The van der Waals surface area contributed by atoms with Gasteiger partial charge in [-0.25, -0.2) is 0 Å². The van der Waals surface area contributed by atoms with Crippen molar-refractivity contribution in [1.82, 2.24) is 4.90 Å². The maximum absolute atomic E-state index is 12.2. The van der Waals surface area contributed by atoms with Crippen LogP contribution in [0.25, 0.3) is 0 Å². The molecule has 2 aromatic carbocycles. The SMILES string of the molecule is CCN(C)C(=O)c1cccc(NC(=O)c2ccc(C)cc2)c1. The summed E-state index contributed by atoms with van der Waals surface area (Å²) in [4.78, 5) is 26.0. The number of benzene rings is 2. The molecule has 0 atom stereocenters. The summed E-state index contributed by atoms with van der Waals surface area (Å²) in [5.74, 6) is -0.248. The molecule has 0 aliphatic rings. The molecule has 0 aromatic heterocycles. The fraction of sp³-hybridized carbons (Fsp3) is 0.222. The van der Waals surface area contributed by atoms with Crippen LogP contribution in [0.5, 0.6) is 0 Å². The number of rotatable bonds is 4. The molecule has 2 aromatic rings. The van der Waals surface area contributed by atoms with Crippen LogP contribution in [0.2, 0.25) is 0 Å². The largest absolute Gasteiger partial charge is 0.342 e. The van der Waals surface area contributed by atoms with Crippen LogP contribution < -0.4 is 5.32 Å². The van der Waals surface area contributed by atoms with Crippen LogP contribution in [-0.2, 0) is 0 Å². The Balaban J connectivity index is 2.15. The third-order valence-corrected chi connectivity index (χ3v) is 3.50. The van der Waals surface area contributed by atoms with Gasteiger partial charge in [-0.1, -0.05) is 23.8 Å². The molecule has 4 nitrogen and oxygen atoms in total. The van der Waals surface area contributed by atoms with E-state index in [0.29, 0.717) is 23.4 Å². The van der Waals surface area contributed by atoms with Gasteiger partial charge in [-0.15, -0.1) is 0 Å². The highest BCUT2D eigenvalue weighted by molar-refractivity contribution is 6.05. The lowest BCUT2D eigenvalue weighted by molar-refractivity contribution is 0.0802. The number of nitrogens with one attached hydrogen (secondary N) is 1. The lowest BCUT2D eigenvalue weighted by Crippen LogP contribution is -2.26. The minimum Gasteiger partial charge on any atom is -0.342 e. The summed E-state index contributed by atoms with van der Waals surface area (Å²) in [6, 6.07) is 14.3. The van der Waals surface area contributed by atoms with Gasteiger partial charge in [0.15, 0.2) is 0 Å². The molecule has 114 valence electrons. The van der Waals surface area contributed by atoms with E-state index in [2.05, 4.69) is 5.32 Å². The van der Waals surface area contributed by atoms with Crippen molar-refractivity contribution in [1.29, 1.82) is 0 Å². The molecule has 4 heteroatoms. The standard InChI is InChI=1S/C18H20N2O2/c1-4-20(3)18(22)15-6-5-7-16(12-15)19-17(21)14-10-8-13(2)9-11-14/h5-12H,4H2,1-3H3,(H,19,21). The van der Waals surface area contributed by atoms with Crippen LogP contribution in [0.1, 0.15) is 33.2 Å². The number of nitrogens with zero attached hydrogens (tertiary/aromatic N) is 1. The Kier molecular flexibility index (Phi) is 4.94. The van der Waals surface area contributed by atoms with Crippen LogP contribution in [-0.4, -0.2) is 30.3 Å². The first-order valence-corrected chi connectivity index (χ1v) is 7.25. The molecular weight excluding hydrogens is 276 g/mol. The van der Waals surface area contributed by atoms with Crippen LogP contribution in [0.4, 0.5) is 5.69 Å². The maximum atomic E-state index is 12.2. The van der Waals surface area contributed by atoms with Crippen molar-refractivity contribution in [3.8, 4) is 0 Å². The van der Waals surface area contributed by atoms with E-state index >= 15 is 0 Å². The van der Waals surface area contributed by atoms with Crippen molar-refractivity contribution in [3.63, 3.8) is 0 Å². The Hall–Kier alpha value is -2.62. The minimum absolute atomic E-state index is 0.0612. The number of hydrogen-bond acceptors (Lipinski definition) is 2. The second-order valence-electron chi connectivity index (χ2n) is 5.22.